The van der Waals surface area contributed by atoms with Gasteiger partial charge in [-0.2, -0.15) is 0 Å². The SMILES string of the molecule is CC1(C)Oc2cc(O)ccc2[C@H](c2ccc(O)cc2)[C@H]1c1ccccc1. The lowest BCUT2D eigenvalue weighted by Gasteiger charge is -2.45. The molecule has 0 spiro atoms. The van der Waals surface area contributed by atoms with Crippen LogP contribution in [0.25, 0.3) is 0 Å². The lowest BCUT2D eigenvalue weighted by Crippen LogP contribution is -2.43. The molecule has 3 nitrogen and oxygen atoms in total. The average Bonchev–Trinajstić information content (AvgIpc) is 2.61. The van der Waals surface area contributed by atoms with Gasteiger partial charge in [0, 0.05) is 23.5 Å². The molecule has 0 aliphatic carbocycles. The van der Waals surface area contributed by atoms with Crippen molar-refractivity contribution < 1.29 is 14.9 Å². The molecule has 4 rings (SSSR count). The van der Waals surface area contributed by atoms with Gasteiger partial charge in [0.15, 0.2) is 0 Å². The number of fused-ring (bicyclic) bond motifs is 1. The van der Waals surface area contributed by atoms with Gasteiger partial charge in [-0.3, -0.25) is 0 Å². The fourth-order valence-corrected chi connectivity index (χ4v) is 4.10. The van der Waals surface area contributed by atoms with Crippen LogP contribution in [0.2, 0.25) is 0 Å². The molecule has 0 aromatic heterocycles. The first-order chi connectivity index (χ1) is 12.5. The van der Waals surface area contributed by atoms with Crippen LogP contribution in [0.4, 0.5) is 0 Å². The second kappa shape index (κ2) is 6.10. The Kier molecular flexibility index (Phi) is 3.87. The number of aromatic hydroxyl groups is 2. The highest BCUT2D eigenvalue weighted by atomic mass is 16.5. The second-order valence-electron chi connectivity index (χ2n) is 7.39. The van der Waals surface area contributed by atoms with Gasteiger partial charge in [0.2, 0.25) is 0 Å². The van der Waals surface area contributed by atoms with Crippen molar-refractivity contribution in [2.45, 2.75) is 31.3 Å². The summed E-state index contributed by atoms with van der Waals surface area (Å²) in [7, 11) is 0. The van der Waals surface area contributed by atoms with Gasteiger partial charge in [0.1, 0.15) is 22.8 Å². The van der Waals surface area contributed by atoms with Crippen molar-refractivity contribution in [2.75, 3.05) is 0 Å². The van der Waals surface area contributed by atoms with Gasteiger partial charge in [-0.05, 0) is 43.2 Å². The Bertz CT molecular complexity index is 914. The molecule has 1 heterocycles. The van der Waals surface area contributed by atoms with E-state index in [1.54, 1.807) is 24.3 Å². The summed E-state index contributed by atoms with van der Waals surface area (Å²) < 4.78 is 6.33. The third-order valence-corrected chi connectivity index (χ3v) is 5.20. The highest BCUT2D eigenvalue weighted by Gasteiger charge is 2.45. The summed E-state index contributed by atoms with van der Waals surface area (Å²) in [6, 6.07) is 23.1. The molecular formula is C23H22O3. The summed E-state index contributed by atoms with van der Waals surface area (Å²) in [5.74, 6) is 1.30. The molecule has 26 heavy (non-hydrogen) atoms. The molecule has 3 heteroatoms. The fourth-order valence-electron chi connectivity index (χ4n) is 4.10. The molecule has 0 fully saturated rings. The summed E-state index contributed by atoms with van der Waals surface area (Å²) >= 11 is 0. The highest BCUT2D eigenvalue weighted by Crippen LogP contribution is 2.53. The number of phenols is 2. The minimum atomic E-state index is -0.468. The summed E-state index contributed by atoms with van der Waals surface area (Å²) in [6.07, 6.45) is 0. The molecule has 0 bridgehead atoms. The third kappa shape index (κ3) is 2.80. The first kappa shape index (κ1) is 16.5. The molecule has 3 aromatic carbocycles. The van der Waals surface area contributed by atoms with Gasteiger partial charge in [0.05, 0.1) is 0 Å². The Hall–Kier alpha value is -2.94. The Morgan fingerprint density at radius 2 is 1.42 bits per heavy atom. The van der Waals surface area contributed by atoms with E-state index >= 15 is 0 Å². The maximum atomic E-state index is 9.92. The van der Waals surface area contributed by atoms with Crippen LogP contribution < -0.4 is 4.74 Å². The van der Waals surface area contributed by atoms with Crippen molar-refractivity contribution in [1.29, 1.82) is 0 Å². The number of hydrogen-bond acceptors (Lipinski definition) is 3. The Balaban J connectivity index is 1.95. The molecule has 132 valence electrons. The minimum absolute atomic E-state index is 0.0531. The lowest BCUT2D eigenvalue weighted by molar-refractivity contribution is 0.0528. The van der Waals surface area contributed by atoms with Crippen molar-refractivity contribution in [3.63, 3.8) is 0 Å². The molecule has 1 aliphatic rings. The molecule has 0 saturated carbocycles. The molecular weight excluding hydrogens is 324 g/mol. The van der Waals surface area contributed by atoms with Crippen LogP contribution in [0.1, 0.15) is 42.4 Å². The zero-order valence-electron chi connectivity index (χ0n) is 14.9. The van der Waals surface area contributed by atoms with E-state index in [1.807, 2.05) is 36.4 Å². The Morgan fingerprint density at radius 3 is 2.12 bits per heavy atom. The number of phenolic OH excluding ortho intramolecular Hbond substituents is 2. The number of hydrogen-bond donors (Lipinski definition) is 2. The molecule has 0 radical (unpaired) electrons. The molecule has 1 aliphatic heterocycles. The van der Waals surface area contributed by atoms with Crippen molar-refractivity contribution in [3.05, 3.63) is 89.5 Å². The van der Waals surface area contributed by atoms with Crippen LogP contribution in [-0.2, 0) is 0 Å². The van der Waals surface area contributed by atoms with E-state index in [9.17, 15) is 10.2 Å². The van der Waals surface area contributed by atoms with Crippen molar-refractivity contribution in [2.24, 2.45) is 0 Å². The van der Waals surface area contributed by atoms with Crippen LogP contribution in [0.5, 0.6) is 17.2 Å². The normalized spacial score (nSPS) is 20.8. The zero-order chi connectivity index (χ0) is 18.3. The highest BCUT2D eigenvalue weighted by molar-refractivity contribution is 5.52. The van der Waals surface area contributed by atoms with Gasteiger partial charge < -0.3 is 14.9 Å². The molecule has 2 N–H and O–H groups in total. The van der Waals surface area contributed by atoms with Crippen molar-refractivity contribution in [3.8, 4) is 17.2 Å². The van der Waals surface area contributed by atoms with Crippen LogP contribution in [0, 0.1) is 0 Å². The average molecular weight is 346 g/mol. The maximum Gasteiger partial charge on any atom is 0.127 e. The standard InChI is InChI=1S/C23H22O3/c1-23(2)22(16-6-4-3-5-7-16)21(15-8-10-17(24)11-9-15)19-13-12-18(25)14-20(19)26-23/h3-14,21-22,24-25H,1-2H3/t21-,22+/m0/s1. The second-order valence-corrected chi connectivity index (χ2v) is 7.39. The molecule has 2 atom stereocenters. The third-order valence-electron chi connectivity index (χ3n) is 5.20. The number of rotatable bonds is 2. The van der Waals surface area contributed by atoms with Crippen LogP contribution in [0.3, 0.4) is 0 Å². The van der Waals surface area contributed by atoms with Crippen molar-refractivity contribution >= 4 is 0 Å². The van der Waals surface area contributed by atoms with Crippen LogP contribution >= 0.6 is 0 Å². The van der Waals surface area contributed by atoms with Gasteiger partial charge in [0.25, 0.3) is 0 Å². The largest absolute Gasteiger partial charge is 0.508 e. The van der Waals surface area contributed by atoms with E-state index in [1.165, 1.54) is 5.56 Å². The summed E-state index contributed by atoms with van der Waals surface area (Å²) in [5, 5.41) is 19.6. The van der Waals surface area contributed by atoms with E-state index in [-0.39, 0.29) is 23.3 Å². The smallest absolute Gasteiger partial charge is 0.127 e. The summed E-state index contributed by atoms with van der Waals surface area (Å²) in [6.45, 7) is 4.18. The monoisotopic (exact) mass is 346 g/mol. The Morgan fingerprint density at radius 1 is 0.769 bits per heavy atom. The maximum absolute atomic E-state index is 9.92. The van der Waals surface area contributed by atoms with Crippen LogP contribution in [0.15, 0.2) is 72.8 Å². The lowest BCUT2D eigenvalue weighted by atomic mass is 9.68. The summed E-state index contributed by atoms with van der Waals surface area (Å²) in [5.41, 5.74) is 2.89. The molecule has 0 unspecified atom stereocenters. The topological polar surface area (TPSA) is 49.7 Å². The van der Waals surface area contributed by atoms with Gasteiger partial charge in [-0.15, -0.1) is 0 Å². The quantitative estimate of drug-likeness (QED) is 0.672. The van der Waals surface area contributed by atoms with Gasteiger partial charge >= 0.3 is 0 Å². The molecule has 0 saturated heterocycles. The van der Waals surface area contributed by atoms with Gasteiger partial charge in [-0.1, -0.05) is 48.5 Å². The number of ether oxygens (including phenoxy) is 1. The van der Waals surface area contributed by atoms with E-state index in [0.717, 1.165) is 11.1 Å². The molecule has 3 aromatic rings. The fraction of sp³-hybridized carbons (Fsp3) is 0.217. The minimum Gasteiger partial charge on any atom is -0.508 e. The number of benzene rings is 3. The first-order valence-corrected chi connectivity index (χ1v) is 8.81. The zero-order valence-corrected chi connectivity index (χ0v) is 14.9. The Labute approximate surface area is 153 Å². The first-order valence-electron chi connectivity index (χ1n) is 8.81. The van der Waals surface area contributed by atoms with E-state index < -0.39 is 5.60 Å². The van der Waals surface area contributed by atoms with E-state index in [2.05, 4.69) is 26.0 Å². The van der Waals surface area contributed by atoms with E-state index in [0.29, 0.717) is 5.75 Å². The van der Waals surface area contributed by atoms with Crippen molar-refractivity contribution in [1.82, 2.24) is 0 Å². The van der Waals surface area contributed by atoms with Gasteiger partial charge in [-0.25, -0.2) is 0 Å². The van der Waals surface area contributed by atoms with Crippen LogP contribution in [-0.4, -0.2) is 15.8 Å². The molecule has 0 amide bonds. The summed E-state index contributed by atoms with van der Waals surface area (Å²) in [4.78, 5) is 0. The predicted molar refractivity (Wildman–Crippen MR) is 102 cm³/mol. The predicted octanol–water partition coefficient (Wildman–Crippen LogP) is 5.18. The van der Waals surface area contributed by atoms with E-state index in [4.69, 9.17) is 4.74 Å².